The van der Waals surface area contributed by atoms with Gasteiger partial charge in [-0.05, 0) is 103 Å². The number of benzene rings is 3. The maximum atomic E-state index is 13.4. The maximum Gasteiger partial charge on any atom is 0.208 e. The number of nitrogens with zero attached hydrogens (tertiary/aromatic N) is 1. The lowest BCUT2D eigenvalue weighted by Gasteiger charge is -2.20. The van der Waals surface area contributed by atoms with Gasteiger partial charge >= 0.3 is 0 Å². The topological polar surface area (TPSA) is 57.2 Å². The summed E-state index contributed by atoms with van der Waals surface area (Å²) in [7, 11) is 3.06. The first kappa shape index (κ1) is 29.0. The van der Waals surface area contributed by atoms with E-state index in [1.165, 1.54) is 33.0 Å². The number of ketones is 1. The average Bonchev–Trinajstić information content (AvgIpc) is 3.69. The molecule has 0 saturated carbocycles. The Morgan fingerprint density at radius 2 is 1.65 bits per heavy atom. The number of carbonyl (C=O) groups excluding carboxylic acids is 1. The van der Waals surface area contributed by atoms with Crippen molar-refractivity contribution < 1.29 is 23.7 Å². The number of thiophene rings is 1. The standard InChI is InChI=1S/C36H37NO5S/c1-39-32-17-12-27(34(38)35(32)40-2)22-31-30-16-15-29(42-24-25-8-4-3-5-9-25)23-33(30)43-36(31)26-10-13-28(14-11-26)41-21-20-37-18-6-7-19-37/h3-5,8-17,23,27H,6-7,18-22,24H2,1-2H3. The lowest BCUT2D eigenvalue weighted by Crippen LogP contribution is -2.25. The minimum atomic E-state index is -0.354. The van der Waals surface area contributed by atoms with Crippen molar-refractivity contribution in [1.29, 1.82) is 0 Å². The van der Waals surface area contributed by atoms with Gasteiger partial charge in [0.15, 0.2) is 5.76 Å². The van der Waals surface area contributed by atoms with Gasteiger partial charge in [-0.2, -0.15) is 0 Å². The second-order valence-electron chi connectivity index (χ2n) is 10.9. The van der Waals surface area contributed by atoms with Crippen molar-refractivity contribution in [1.82, 2.24) is 4.90 Å². The molecule has 6 nitrogen and oxygen atoms in total. The number of ether oxygens (including phenoxy) is 4. The zero-order chi connectivity index (χ0) is 29.6. The van der Waals surface area contributed by atoms with E-state index in [2.05, 4.69) is 41.3 Å². The molecule has 43 heavy (non-hydrogen) atoms. The van der Waals surface area contributed by atoms with Crippen LogP contribution >= 0.6 is 11.3 Å². The van der Waals surface area contributed by atoms with E-state index in [1.807, 2.05) is 48.6 Å². The van der Waals surface area contributed by atoms with Gasteiger partial charge in [-0.1, -0.05) is 36.4 Å². The van der Waals surface area contributed by atoms with Gasteiger partial charge in [0, 0.05) is 22.0 Å². The third-order valence-electron chi connectivity index (χ3n) is 8.12. The molecule has 7 heteroatoms. The van der Waals surface area contributed by atoms with E-state index in [0.717, 1.165) is 49.7 Å². The number of Topliss-reactive ketones (excluding diaryl/α,β-unsaturated/α-hetero) is 1. The predicted octanol–water partition coefficient (Wildman–Crippen LogP) is 7.42. The van der Waals surface area contributed by atoms with Gasteiger partial charge in [0.25, 0.3) is 0 Å². The fourth-order valence-electron chi connectivity index (χ4n) is 5.80. The number of allylic oxidation sites excluding steroid dienone is 3. The molecule has 4 aromatic rings. The van der Waals surface area contributed by atoms with Crippen LogP contribution in [0, 0.1) is 5.92 Å². The highest BCUT2D eigenvalue weighted by Gasteiger charge is 2.30. The second kappa shape index (κ2) is 13.5. The van der Waals surface area contributed by atoms with Crippen LogP contribution in [0.1, 0.15) is 24.0 Å². The Morgan fingerprint density at radius 1 is 0.884 bits per heavy atom. The van der Waals surface area contributed by atoms with E-state index in [4.69, 9.17) is 18.9 Å². The number of likely N-dealkylation sites (tertiary alicyclic amines) is 1. The summed E-state index contributed by atoms with van der Waals surface area (Å²) in [6, 6.07) is 24.7. The Hall–Kier alpha value is -4.07. The van der Waals surface area contributed by atoms with Crippen LogP contribution in [-0.4, -0.2) is 51.1 Å². The van der Waals surface area contributed by atoms with Gasteiger partial charge in [0.2, 0.25) is 11.5 Å². The van der Waals surface area contributed by atoms with E-state index in [9.17, 15) is 4.79 Å². The molecule has 0 spiro atoms. The highest BCUT2D eigenvalue weighted by Crippen LogP contribution is 2.42. The van der Waals surface area contributed by atoms with Crippen molar-refractivity contribution in [3.8, 4) is 21.9 Å². The van der Waals surface area contributed by atoms with Crippen LogP contribution in [0.5, 0.6) is 11.5 Å². The van der Waals surface area contributed by atoms with Crippen molar-refractivity contribution in [2.24, 2.45) is 5.92 Å². The smallest absolute Gasteiger partial charge is 0.208 e. The molecule has 2 heterocycles. The Balaban J connectivity index is 1.27. The molecule has 0 amide bonds. The van der Waals surface area contributed by atoms with Gasteiger partial charge in [-0.3, -0.25) is 9.69 Å². The Labute approximate surface area is 257 Å². The fraction of sp³-hybridized carbons (Fsp3) is 0.306. The first-order valence-corrected chi connectivity index (χ1v) is 15.7. The summed E-state index contributed by atoms with van der Waals surface area (Å²) in [5.41, 5.74) is 3.36. The molecule has 1 saturated heterocycles. The first-order chi connectivity index (χ1) is 21.1. The summed E-state index contributed by atoms with van der Waals surface area (Å²) >= 11 is 1.72. The van der Waals surface area contributed by atoms with Crippen LogP contribution in [0.3, 0.4) is 0 Å². The predicted molar refractivity (Wildman–Crippen MR) is 172 cm³/mol. The monoisotopic (exact) mass is 595 g/mol. The van der Waals surface area contributed by atoms with Crippen molar-refractivity contribution in [3.63, 3.8) is 0 Å². The number of methoxy groups -OCH3 is 2. The van der Waals surface area contributed by atoms with Crippen LogP contribution in [0.15, 0.2) is 96.5 Å². The van der Waals surface area contributed by atoms with Crippen LogP contribution in [0.4, 0.5) is 0 Å². The first-order valence-electron chi connectivity index (χ1n) is 14.9. The Bertz CT molecular complexity index is 1620. The van der Waals surface area contributed by atoms with Gasteiger partial charge in [0.05, 0.1) is 14.2 Å². The van der Waals surface area contributed by atoms with Crippen LogP contribution < -0.4 is 9.47 Å². The number of rotatable bonds is 12. The van der Waals surface area contributed by atoms with E-state index < -0.39 is 0 Å². The molecular formula is C36H37NO5S. The van der Waals surface area contributed by atoms with E-state index in [0.29, 0.717) is 25.4 Å². The van der Waals surface area contributed by atoms with Crippen molar-refractivity contribution in [2.45, 2.75) is 25.9 Å². The quantitative estimate of drug-likeness (QED) is 0.170. The summed E-state index contributed by atoms with van der Waals surface area (Å²) in [5, 5.41) is 1.12. The zero-order valence-electron chi connectivity index (χ0n) is 24.7. The minimum Gasteiger partial charge on any atom is -0.493 e. The molecule has 1 fully saturated rings. The molecular weight excluding hydrogens is 558 g/mol. The van der Waals surface area contributed by atoms with Crippen molar-refractivity contribution in [2.75, 3.05) is 40.5 Å². The highest BCUT2D eigenvalue weighted by atomic mass is 32.1. The van der Waals surface area contributed by atoms with Gasteiger partial charge in [-0.25, -0.2) is 0 Å². The summed E-state index contributed by atoms with van der Waals surface area (Å²) in [4.78, 5) is 17.0. The minimum absolute atomic E-state index is 0.0725. The summed E-state index contributed by atoms with van der Waals surface area (Å²) in [5.74, 6) is 1.99. The zero-order valence-corrected chi connectivity index (χ0v) is 25.5. The normalized spacial score (nSPS) is 17.1. The number of fused-ring (bicyclic) bond motifs is 1. The molecule has 3 aromatic carbocycles. The Kier molecular flexibility index (Phi) is 9.10. The Morgan fingerprint density at radius 3 is 2.40 bits per heavy atom. The molecule has 1 unspecified atom stereocenters. The largest absolute Gasteiger partial charge is 0.493 e. The van der Waals surface area contributed by atoms with Crippen LogP contribution in [0.25, 0.3) is 20.5 Å². The summed E-state index contributed by atoms with van der Waals surface area (Å²) in [6.45, 7) is 4.50. The molecule has 1 aromatic heterocycles. The van der Waals surface area contributed by atoms with Gasteiger partial charge in [-0.15, -0.1) is 11.3 Å². The van der Waals surface area contributed by atoms with Crippen molar-refractivity contribution >= 4 is 27.2 Å². The third-order valence-corrected chi connectivity index (χ3v) is 9.36. The highest BCUT2D eigenvalue weighted by molar-refractivity contribution is 7.22. The van der Waals surface area contributed by atoms with E-state index in [1.54, 1.807) is 18.4 Å². The number of carbonyl (C=O) groups is 1. The molecule has 1 atom stereocenters. The lowest BCUT2D eigenvalue weighted by atomic mass is 9.88. The maximum absolute atomic E-state index is 13.4. The summed E-state index contributed by atoms with van der Waals surface area (Å²) < 4.78 is 24.1. The SMILES string of the molecule is COC1=C(OC)C(=O)C(Cc2c(-c3ccc(OCCN4CCCC4)cc3)sc3cc(OCc4ccccc4)ccc23)C=C1. The fourth-order valence-corrected chi connectivity index (χ4v) is 7.06. The molecule has 2 aliphatic rings. The third kappa shape index (κ3) is 6.63. The lowest BCUT2D eigenvalue weighted by molar-refractivity contribution is -0.121. The molecule has 0 bridgehead atoms. The second-order valence-corrected chi connectivity index (χ2v) is 12.0. The molecule has 0 N–H and O–H groups in total. The molecule has 1 aliphatic heterocycles. The molecule has 6 rings (SSSR count). The van der Waals surface area contributed by atoms with Crippen LogP contribution in [0.2, 0.25) is 0 Å². The molecule has 222 valence electrons. The number of hydrogen-bond acceptors (Lipinski definition) is 7. The van der Waals surface area contributed by atoms with E-state index in [-0.39, 0.29) is 17.5 Å². The van der Waals surface area contributed by atoms with Crippen LogP contribution in [-0.2, 0) is 27.3 Å². The molecule has 1 aliphatic carbocycles. The number of hydrogen-bond donors (Lipinski definition) is 0. The summed E-state index contributed by atoms with van der Waals surface area (Å²) in [6.07, 6.45) is 6.87. The van der Waals surface area contributed by atoms with Gasteiger partial charge in [0.1, 0.15) is 24.7 Å². The van der Waals surface area contributed by atoms with E-state index >= 15 is 0 Å². The molecule has 0 radical (unpaired) electrons. The van der Waals surface area contributed by atoms with Crippen molar-refractivity contribution in [3.05, 3.63) is 108 Å². The van der Waals surface area contributed by atoms with Gasteiger partial charge < -0.3 is 18.9 Å². The average molecular weight is 596 g/mol.